The molecule has 0 aromatic heterocycles. The zero-order valence-corrected chi connectivity index (χ0v) is 13.9. The van der Waals surface area contributed by atoms with E-state index in [1.807, 2.05) is 24.3 Å². The van der Waals surface area contributed by atoms with E-state index in [4.69, 9.17) is 5.73 Å². The van der Waals surface area contributed by atoms with Crippen LogP contribution in [0, 0.1) is 5.92 Å². The highest BCUT2D eigenvalue weighted by Gasteiger charge is 2.29. The number of carbonyl (C=O) groups is 1. The quantitative estimate of drug-likeness (QED) is 0.865. The zero-order valence-electron chi connectivity index (χ0n) is 11.5. The highest BCUT2D eigenvalue weighted by Crippen LogP contribution is 2.21. The number of nitrogens with one attached hydrogen (secondary N) is 1. The molecule has 20 heavy (non-hydrogen) atoms. The van der Waals surface area contributed by atoms with Crippen LogP contribution in [0.15, 0.2) is 28.7 Å². The normalized spacial score (nSPS) is 22.4. The van der Waals surface area contributed by atoms with Gasteiger partial charge in [0.05, 0.1) is 6.54 Å². The van der Waals surface area contributed by atoms with Crippen LogP contribution >= 0.6 is 28.3 Å². The standard InChI is InChI=1S/C14H20BrN3O.ClH/c1-10-6-11(7-16)8-18(10)9-14(19)17-13-4-2-12(15)3-5-13;/h2-5,10-11H,6-9,16H2,1H3,(H,17,19);1H. The first-order valence-corrected chi connectivity index (χ1v) is 7.37. The third-order valence-electron chi connectivity index (χ3n) is 3.60. The Labute approximate surface area is 134 Å². The van der Waals surface area contributed by atoms with Crippen molar-refractivity contribution >= 4 is 39.9 Å². The van der Waals surface area contributed by atoms with Gasteiger partial charge in [-0.05, 0) is 50.1 Å². The first-order chi connectivity index (χ1) is 9.08. The lowest BCUT2D eigenvalue weighted by atomic mass is 10.1. The molecule has 2 unspecified atom stereocenters. The lowest BCUT2D eigenvalue weighted by molar-refractivity contribution is -0.117. The minimum atomic E-state index is 0. The molecule has 0 spiro atoms. The molecule has 1 saturated heterocycles. The Kier molecular flexibility index (Phi) is 6.95. The topological polar surface area (TPSA) is 58.4 Å². The van der Waals surface area contributed by atoms with E-state index in [1.54, 1.807) is 0 Å². The van der Waals surface area contributed by atoms with E-state index in [2.05, 4.69) is 33.1 Å². The van der Waals surface area contributed by atoms with Crippen molar-refractivity contribution in [3.8, 4) is 0 Å². The summed E-state index contributed by atoms with van der Waals surface area (Å²) < 4.78 is 1.00. The average Bonchev–Trinajstić information content (AvgIpc) is 2.73. The van der Waals surface area contributed by atoms with E-state index in [1.165, 1.54) is 0 Å². The summed E-state index contributed by atoms with van der Waals surface area (Å²) in [7, 11) is 0. The Hall–Kier alpha value is -0.620. The minimum absolute atomic E-state index is 0. The van der Waals surface area contributed by atoms with Gasteiger partial charge in [-0.3, -0.25) is 9.69 Å². The summed E-state index contributed by atoms with van der Waals surface area (Å²) in [6.07, 6.45) is 1.09. The van der Waals surface area contributed by atoms with Crippen molar-refractivity contribution < 1.29 is 4.79 Å². The van der Waals surface area contributed by atoms with Crippen molar-refractivity contribution in [3.63, 3.8) is 0 Å². The van der Waals surface area contributed by atoms with Crippen LogP contribution in [0.5, 0.6) is 0 Å². The fraction of sp³-hybridized carbons (Fsp3) is 0.500. The number of benzene rings is 1. The predicted octanol–water partition coefficient (Wildman–Crippen LogP) is 2.48. The number of halogens is 2. The molecule has 1 aliphatic rings. The number of carbonyl (C=O) groups excluding carboxylic acids is 1. The lowest BCUT2D eigenvalue weighted by Crippen LogP contribution is -2.35. The lowest BCUT2D eigenvalue weighted by Gasteiger charge is -2.20. The number of hydrogen-bond acceptors (Lipinski definition) is 3. The van der Waals surface area contributed by atoms with Gasteiger partial charge < -0.3 is 11.1 Å². The number of nitrogens with two attached hydrogens (primary N) is 1. The van der Waals surface area contributed by atoms with Crippen molar-refractivity contribution in [2.24, 2.45) is 11.7 Å². The summed E-state index contributed by atoms with van der Waals surface area (Å²) in [5, 5.41) is 2.92. The average molecular weight is 363 g/mol. The molecule has 2 rings (SSSR count). The molecule has 1 aromatic carbocycles. The van der Waals surface area contributed by atoms with E-state index in [-0.39, 0.29) is 18.3 Å². The minimum Gasteiger partial charge on any atom is -0.330 e. The maximum Gasteiger partial charge on any atom is 0.238 e. The monoisotopic (exact) mass is 361 g/mol. The smallest absolute Gasteiger partial charge is 0.238 e. The Morgan fingerprint density at radius 3 is 2.65 bits per heavy atom. The van der Waals surface area contributed by atoms with Crippen molar-refractivity contribution in [2.75, 3.05) is 25.0 Å². The van der Waals surface area contributed by atoms with Crippen molar-refractivity contribution in [1.29, 1.82) is 0 Å². The molecule has 4 nitrogen and oxygen atoms in total. The molecule has 0 saturated carbocycles. The molecule has 1 heterocycles. The molecule has 1 amide bonds. The van der Waals surface area contributed by atoms with E-state index in [0.29, 0.717) is 25.0 Å². The van der Waals surface area contributed by atoms with E-state index in [0.717, 1.165) is 23.1 Å². The summed E-state index contributed by atoms with van der Waals surface area (Å²) >= 11 is 3.37. The van der Waals surface area contributed by atoms with Crippen LogP contribution < -0.4 is 11.1 Å². The first kappa shape index (κ1) is 17.4. The molecule has 6 heteroatoms. The van der Waals surface area contributed by atoms with E-state index >= 15 is 0 Å². The Bertz CT molecular complexity index is 441. The van der Waals surface area contributed by atoms with E-state index < -0.39 is 0 Å². The maximum absolute atomic E-state index is 12.0. The number of rotatable bonds is 4. The van der Waals surface area contributed by atoms with Gasteiger partial charge in [0.25, 0.3) is 0 Å². The van der Waals surface area contributed by atoms with Gasteiger partial charge in [-0.25, -0.2) is 0 Å². The molecule has 2 atom stereocenters. The van der Waals surface area contributed by atoms with Crippen LogP contribution in [0.3, 0.4) is 0 Å². The molecule has 1 aliphatic heterocycles. The molecule has 1 fully saturated rings. The molecule has 0 aliphatic carbocycles. The zero-order chi connectivity index (χ0) is 13.8. The second-order valence-corrected chi connectivity index (χ2v) is 6.09. The van der Waals surface area contributed by atoms with Crippen molar-refractivity contribution in [3.05, 3.63) is 28.7 Å². The van der Waals surface area contributed by atoms with Gasteiger partial charge in [0, 0.05) is 22.7 Å². The number of anilines is 1. The molecular formula is C14H21BrClN3O. The molecule has 112 valence electrons. The van der Waals surface area contributed by atoms with Gasteiger partial charge in [-0.1, -0.05) is 15.9 Å². The number of hydrogen-bond donors (Lipinski definition) is 2. The van der Waals surface area contributed by atoms with Crippen LogP contribution in [-0.4, -0.2) is 36.5 Å². The maximum atomic E-state index is 12.0. The van der Waals surface area contributed by atoms with E-state index in [9.17, 15) is 4.79 Å². The first-order valence-electron chi connectivity index (χ1n) is 6.58. The molecule has 0 radical (unpaired) electrons. The highest BCUT2D eigenvalue weighted by molar-refractivity contribution is 9.10. The van der Waals surface area contributed by atoms with Gasteiger partial charge in [0.1, 0.15) is 0 Å². The molecule has 3 N–H and O–H groups in total. The van der Waals surface area contributed by atoms with Gasteiger partial charge in [0.2, 0.25) is 5.91 Å². The van der Waals surface area contributed by atoms with Gasteiger partial charge in [-0.2, -0.15) is 0 Å². The van der Waals surface area contributed by atoms with Crippen LogP contribution in [-0.2, 0) is 4.79 Å². The third-order valence-corrected chi connectivity index (χ3v) is 4.13. The van der Waals surface area contributed by atoms with Crippen LogP contribution in [0.1, 0.15) is 13.3 Å². The summed E-state index contributed by atoms with van der Waals surface area (Å²) in [5.74, 6) is 0.558. The molecular weight excluding hydrogens is 342 g/mol. The predicted molar refractivity (Wildman–Crippen MR) is 88.2 cm³/mol. The van der Waals surface area contributed by atoms with Gasteiger partial charge >= 0.3 is 0 Å². The van der Waals surface area contributed by atoms with Gasteiger partial charge in [0.15, 0.2) is 0 Å². The summed E-state index contributed by atoms with van der Waals surface area (Å²) in [6.45, 7) is 4.22. The second-order valence-electron chi connectivity index (χ2n) is 5.17. The SMILES string of the molecule is CC1CC(CN)CN1CC(=O)Nc1ccc(Br)cc1.Cl. The molecule has 1 aromatic rings. The molecule has 0 bridgehead atoms. The highest BCUT2D eigenvalue weighted by atomic mass is 79.9. The second kappa shape index (κ2) is 7.98. The third kappa shape index (κ3) is 4.74. The number of nitrogens with zero attached hydrogens (tertiary/aromatic N) is 1. The summed E-state index contributed by atoms with van der Waals surface area (Å²) in [4.78, 5) is 14.2. The van der Waals surface area contributed by atoms with Crippen LogP contribution in [0.25, 0.3) is 0 Å². The van der Waals surface area contributed by atoms with Gasteiger partial charge in [-0.15, -0.1) is 12.4 Å². The Morgan fingerprint density at radius 2 is 2.10 bits per heavy atom. The summed E-state index contributed by atoms with van der Waals surface area (Å²) in [6, 6.07) is 8.04. The van der Waals surface area contributed by atoms with Crippen molar-refractivity contribution in [1.82, 2.24) is 4.90 Å². The largest absolute Gasteiger partial charge is 0.330 e. The Morgan fingerprint density at radius 1 is 1.45 bits per heavy atom. The number of amides is 1. The van der Waals surface area contributed by atoms with Crippen molar-refractivity contribution in [2.45, 2.75) is 19.4 Å². The Balaban J connectivity index is 0.00000200. The summed E-state index contributed by atoms with van der Waals surface area (Å²) in [5.41, 5.74) is 6.52. The fourth-order valence-electron chi connectivity index (χ4n) is 2.53. The van der Waals surface area contributed by atoms with Crippen LogP contribution in [0.4, 0.5) is 5.69 Å². The van der Waals surface area contributed by atoms with Crippen LogP contribution in [0.2, 0.25) is 0 Å². The fourth-order valence-corrected chi connectivity index (χ4v) is 2.79. The number of likely N-dealkylation sites (tertiary alicyclic amines) is 1.